The van der Waals surface area contributed by atoms with E-state index in [1.807, 2.05) is 11.8 Å². The van der Waals surface area contributed by atoms with Gasteiger partial charge in [0.25, 0.3) is 0 Å². The molecule has 0 bridgehead atoms. The summed E-state index contributed by atoms with van der Waals surface area (Å²) >= 11 is 0. The normalized spacial score (nSPS) is 21.2. The zero-order chi connectivity index (χ0) is 20.0. The fraction of sp³-hybridized carbons (Fsp3) is 0.579. The van der Waals surface area contributed by atoms with Gasteiger partial charge in [-0.3, -0.25) is 9.69 Å². The van der Waals surface area contributed by atoms with Crippen molar-refractivity contribution in [3.63, 3.8) is 0 Å². The monoisotopic (exact) mass is 381 g/mol. The van der Waals surface area contributed by atoms with Gasteiger partial charge in [-0.2, -0.15) is 0 Å². The van der Waals surface area contributed by atoms with Gasteiger partial charge in [-0.25, -0.2) is 9.18 Å². The Kier molecular flexibility index (Phi) is 7.55. The summed E-state index contributed by atoms with van der Waals surface area (Å²) in [6.45, 7) is 4.35. The number of aliphatic carboxylic acids is 1. The van der Waals surface area contributed by atoms with Crippen LogP contribution >= 0.6 is 0 Å². The second-order valence-corrected chi connectivity index (χ2v) is 6.86. The summed E-state index contributed by atoms with van der Waals surface area (Å²) in [4.78, 5) is 25.0. The van der Waals surface area contributed by atoms with E-state index < -0.39 is 18.1 Å². The number of halogens is 1. The van der Waals surface area contributed by atoms with E-state index in [1.165, 1.54) is 13.2 Å². The minimum absolute atomic E-state index is 0.000462. The molecule has 0 aliphatic heterocycles. The molecule has 2 unspecified atom stereocenters. The Labute approximate surface area is 158 Å². The molecule has 27 heavy (non-hydrogen) atoms. The molecule has 1 aromatic rings. The molecular weight excluding hydrogens is 353 g/mol. The van der Waals surface area contributed by atoms with Gasteiger partial charge in [-0.15, -0.1) is 0 Å². The molecule has 2 atom stereocenters. The van der Waals surface area contributed by atoms with Crippen LogP contribution in [0.5, 0.6) is 0 Å². The van der Waals surface area contributed by atoms with E-state index in [4.69, 9.17) is 9.84 Å². The number of ether oxygens (including phenoxy) is 1. The van der Waals surface area contributed by atoms with Crippen LogP contribution in [0.2, 0.25) is 0 Å². The molecule has 1 aliphatic rings. The van der Waals surface area contributed by atoms with E-state index in [-0.39, 0.29) is 30.5 Å². The van der Waals surface area contributed by atoms with Crippen LogP contribution < -0.4 is 10.6 Å². The van der Waals surface area contributed by atoms with Gasteiger partial charge in [-0.1, -0.05) is 25.1 Å². The zero-order valence-electron chi connectivity index (χ0n) is 15.9. The molecule has 0 spiro atoms. The first-order valence-electron chi connectivity index (χ1n) is 9.15. The molecule has 0 saturated heterocycles. The number of benzene rings is 1. The summed E-state index contributed by atoms with van der Waals surface area (Å²) in [7, 11) is 1.48. The van der Waals surface area contributed by atoms with Gasteiger partial charge in [0, 0.05) is 24.8 Å². The Bertz CT molecular complexity index is 652. The third kappa shape index (κ3) is 5.64. The number of carbonyl (C=O) groups excluding carboxylic acids is 1. The fourth-order valence-electron chi connectivity index (χ4n) is 3.49. The Morgan fingerprint density at radius 3 is 2.59 bits per heavy atom. The van der Waals surface area contributed by atoms with Crippen LogP contribution in [-0.4, -0.2) is 60.3 Å². The molecule has 8 heteroatoms. The van der Waals surface area contributed by atoms with Gasteiger partial charge in [0.05, 0.1) is 12.6 Å². The highest BCUT2D eigenvalue weighted by molar-refractivity contribution is 5.74. The van der Waals surface area contributed by atoms with Crippen LogP contribution in [0.3, 0.4) is 0 Å². The third-order valence-corrected chi connectivity index (χ3v) is 4.99. The number of nitrogens with zero attached hydrogens (tertiary/aromatic N) is 1. The largest absolute Gasteiger partial charge is 0.480 e. The third-order valence-electron chi connectivity index (χ3n) is 4.99. The second-order valence-electron chi connectivity index (χ2n) is 6.86. The van der Waals surface area contributed by atoms with Crippen molar-refractivity contribution in [1.29, 1.82) is 0 Å². The Hall–Kier alpha value is -2.19. The lowest BCUT2D eigenvalue weighted by molar-refractivity contribution is -0.139. The Morgan fingerprint density at radius 2 is 2.04 bits per heavy atom. The highest BCUT2D eigenvalue weighted by Crippen LogP contribution is 2.26. The smallest absolute Gasteiger partial charge is 0.317 e. The quantitative estimate of drug-likeness (QED) is 0.610. The second kappa shape index (κ2) is 9.66. The van der Waals surface area contributed by atoms with Crippen molar-refractivity contribution in [3.05, 3.63) is 35.6 Å². The number of hydrogen-bond donors (Lipinski definition) is 3. The molecule has 1 aliphatic carbocycles. The predicted molar refractivity (Wildman–Crippen MR) is 99.0 cm³/mol. The zero-order valence-corrected chi connectivity index (χ0v) is 15.9. The summed E-state index contributed by atoms with van der Waals surface area (Å²) in [5.74, 6) is -1.23. The fourth-order valence-corrected chi connectivity index (χ4v) is 3.49. The lowest BCUT2D eigenvalue weighted by atomic mass is 9.85. The Balaban J connectivity index is 1.82. The topological polar surface area (TPSA) is 90.9 Å². The van der Waals surface area contributed by atoms with Gasteiger partial charge in [0.1, 0.15) is 11.9 Å². The number of carbonyl (C=O) groups is 2. The van der Waals surface area contributed by atoms with Gasteiger partial charge in [0.15, 0.2) is 0 Å². The minimum Gasteiger partial charge on any atom is -0.480 e. The molecule has 3 N–H and O–H groups in total. The number of nitrogens with one attached hydrogen (secondary N) is 2. The summed E-state index contributed by atoms with van der Waals surface area (Å²) in [5, 5.41) is 14.6. The van der Waals surface area contributed by atoms with E-state index >= 15 is 0 Å². The number of amides is 2. The molecular formula is C19H28FN3O4. The lowest BCUT2D eigenvalue weighted by Gasteiger charge is -2.42. The average molecular weight is 381 g/mol. The van der Waals surface area contributed by atoms with E-state index in [0.29, 0.717) is 24.9 Å². The van der Waals surface area contributed by atoms with Crippen molar-refractivity contribution in [2.45, 2.75) is 50.9 Å². The van der Waals surface area contributed by atoms with Crippen molar-refractivity contribution < 1.29 is 23.8 Å². The standard InChI is InChI=1S/C19H28FN3O4/c1-4-23(11-17(24)25)14-9-13(10-14)22-19(26)21-12(2)18(27-3)15-7-5-6-8-16(15)20/h5-8,12-14,18H,4,9-11H2,1-3H3,(H,24,25)(H2,21,22,26). The van der Waals surface area contributed by atoms with Gasteiger partial charge in [0.2, 0.25) is 0 Å². The van der Waals surface area contributed by atoms with Crippen molar-refractivity contribution in [3.8, 4) is 0 Å². The van der Waals surface area contributed by atoms with Crippen LogP contribution in [0.25, 0.3) is 0 Å². The van der Waals surface area contributed by atoms with Crippen LogP contribution in [0.1, 0.15) is 38.4 Å². The number of likely N-dealkylation sites (N-methyl/N-ethyl adjacent to an activating group) is 1. The van der Waals surface area contributed by atoms with Gasteiger partial charge in [-0.05, 0) is 32.4 Å². The molecule has 2 amide bonds. The van der Waals surface area contributed by atoms with Crippen molar-refractivity contribution in [1.82, 2.24) is 15.5 Å². The Morgan fingerprint density at radius 1 is 1.37 bits per heavy atom. The summed E-state index contributed by atoms with van der Waals surface area (Å²) in [6.07, 6.45) is 0.825. The highest BCUT2D eigenvalue weighted by atomic mass is 19.1. The molecule has 1 fully saturated rings. The number of carboxylic acids is 1. The number of carboxylic acid groups (broad SMARTS) is 1. The number of urea groups is 1. The first-order chi connectivity index (χ1) is 12.8. The first kappa shape index (κ1) is 21.1. The maximum Gasteiger partial charge on any atom is 0.317 e. The minimum atomic E-state index is -0.849. The summed E-state index contributed by atoms with van der Waals surface area (Å²) in [6, 6.07) is 5.72. The van der Waals surface area contributed by atoms with Crippen LogP contribution in [0, 0.1) is 5.82 Å². The summed E-state index contributed by atoms with van der Waals surface area (Å²) < 4.78 is 19.4. The molecule has 150 valence electrons. The maximum atomic E-state index is 14.0. The number of hydrogen-bond acceptors (Lipinski definition) is 4. The first-order valence-corrected chi connectivity index (χ1v) is 9.15. The van der Waals surface area contributed by atoms with E-state index in [2.05, 4.69) is 10.6 Å². The molecule has 2 rings (SSSR count). The van der Waals surface area contributed by atoms with E-state index in [9.17, 15) is 14.0 Å². The molecule has 7 nitrogen and oxygen atoms in total. The van der Waals surface area contributed by atoms with Crippen molar-refractivity contribution in [2.24, 2.45) is 0 Å². The van der Waals surface area contributed by atoms with Crippen molar-refractivity contribution in [2.75, 3.05) is 20.2 Å². The molecule has 1 saturated carbocycles. The predicted octanol–water partition coefficient (Wildman–Crippen LogP) is 2.14. The van der Waals surface area contributed by atoms with E-state index in [0.717, 1.165) is 0 Å². The van der Waals surface area contributed by atoms with E-state index in [1.54, 1.807) is 25.1 Å². The molecule has 0 radical (unpaired) electrons. The van der Waals surface area contributed by atoms with Crippen LogP contribution in [0.4, 0.5) is 9.18 Å². The molecule has 0 heterocycles. The molecule has 0 aromatic heterocycles. The highest BCUT2D eigenvalue weighted by Gasteiger charge is 2.35. The van der Waals surface area contributed by atoms with Crippen molar-refractivity contribution >= 4 is 12.0 Å². The van der Waals surface area contributed by atoms with Gasteiger partial charge >= 0.3 is 12.0 Å². The van der Waals surface area contributed by atoms with Crippen LogP contribution in [-0.2, 0) is 9.53 Å². The summed E-state index contributed by atoms with van der Waals surface area (Å²) in [5.41, 5.74) is 0.392. The molecule has 1 aromatic carbocycles. The SMILES string of the molecule is CCN(CC(=O)O)C1CC(NC(=O)NC(C)C(OC)c2ccccc2F)C1. The maximum absolute atomic E-state index is 14.0. The van der Waals surface area contributed by atoms with Crippen LogP contribution in [0.15, 0.2) is 24.3 Å². The lowest BCUT2D eigenvalue weighted by Crippen LogP contribution is -2.57. The number of rotatable bonds is 9. The average Bonchev–Trinajstić information content (AvgIpc) is 2.58. The number of methoxy groups -OCH3 is 1. The van der Waals surface area contributed by atoms with Gasteiger partial charge < -0.3 is 20.5 Å².